The Morgan fingerprint density at radius 3 is 2.58 bits per heavy atom. The first-order valence-corrected chi connectivity index (χ1v) is 6.47. The van der Waals surface area contributed by atoms with Crippen molar-refractivity contribution in [3.63, 3.8) is 0 Å². The number of amides is 1. The molecule has 0 radical (unpaired) electrons. The molecule has 0 aromatic heterocycles. The molecule has 104 valence electrons. The zero-order valence-corrected chi connectivity index (χ0v) is 11.9. The van der Waals surface area contributed by atoms with Crippen LogP contribution in [0.15, 0.2) is 18.2 Å². The molecular weight excluding hydrogens is 242 g/mol. The summed E-state index contributed by atoms with van der Waals surface area (Å²) in [4.78, 5) is 23.3. The number of esters is 1. The summed E-state index contributed by atoms with van der Waals surface area (Å²) < 4.78 is 5.00. The molecule has 1 aromatic rings. The van der Waals surface area contributed by atoms with Crippen LogP contribution in [-0.4, -0.2) is 24.5 Å². The van der Waals surface area contributed by atoms with E-state index in [1.54, 1.807) is 6.07 Å². The molecule has 0 spiro atoms. The molecule has 0 saturated carbocycles. The maximum absolute atomic E-state index is 11.8. The summed E-state index contributed by atoms with van der Waals surface area (Å²) in [6.07, 6.45) is 0.844. The van der Waals surface area contributed by atoms with Gasteiger partial charge < -0.3 is 10.1 Å². The van der Waals surface area contributed by atoms with Crippen LogP contribution in [0.4, 0.5) is 0 Å². The molecule has 0 bridgehead atoms. The zero-order valence-electron chi connectivity index (χ0n) is 11.9. The normalized spacial score (nSPS) is 11.8. The summed E-state index contributed by atoms with van der Waals surface area (Å²) in [5.74, 6) is -0.732. The number of benzene rings is 1. The monoisotopic (exact) mass is 263 g/mol. The second kappa shape index (κ2) is 6.92. The number of nitrogens with one attached hydrogen (secondary N) is 1. The standard InChI is InChI=1S/C15H21NO3/c1-5-12(4)16-14(17)9-19-15(18)13-7-6-10(2)8-11(13)3/h6-8,12H,5,9H2,1-4H3,(H,16,17)/t12-/m0/s1. The van der Waals surface area contributed by atoms with Crippen LogP contribution in [-0.2, 0) is 9.53 Å². The minimum absolute atomic E-state index is 0.0901. The first kappa shape index (κ1) is 15.2. The number of hydrogen-bond donors (Lipinski definition) is 1. The average Bonchev–Trinajstić information content (AvgIpc) is 2.35. The molecule has 1 N–H and O–H groups in total. The minimum atomic E-state index is -0.461. The molecule has 0 aliphatic carbocycles. The highest BCUT2D eigenvalue weighted by Crippen LogP contribution is 2.11. The SMILES string of the molecule is CC[C@H](C)NC(=O)COC(=O)c1ccc(C)cc1C. The number of carbonyl (C=O) groups is 2. The third kappa shape index (κ3) is 4.73. The van der Waals surface area contributed by atoms with Crippen molar-refractivity contribution in [3.05, 3.63) is 34.9 Å². The van der Waals surface area contributed by atoms with E-state index in [0.29, 0.717) is 5.56 Å². The van der Waals surface area contributed by atoms with Gasteiger partial charge in [-0.25, -0.2) is 4.79 Å². The highest BCUT2D eigenvalue weighted by Gasteiger charge is 2.13. The molecule has 4 nitrogen and oxygen atoms in total. The Hall–Kier alpha value is -1.84. The lowest BCUT2D eigenvalue weighted by molar-refractivity contribution is -0.124. The lowest BCUT2D eigenvalue weighted by Gasteiger charge is -2.12. The maximum atomic E-state index is 11.8. The highest BCUT2D eigenvalue weighted by molar-refractivity contribution is 5.92. The van der Waals surface area contributed by atoms with Gasteiger partial charge in [0.15, 0.2) is 6.61 Å². The van der Waals surface area contributed by atoms with Gasteiger partial charge in [0.2, 0.25) is 0 Å². The van der Waals surface area contributed by atoms with Crippen LogP contribution in [0.1, 0.15) is 41.8 Å². The fourth-order valence-electron chi connectivity index (χ4n) is 1.67. The number of ether oxygens (including phenoxy) is 1. The molecule has 1 rings (SSSR count). The predicted octanol–water partition coefficient (Wildman–Crippen LogP) is 2.37. The summed E-state index contributed by atoms with van der Waals surface area (Å²) in [5.41, 5.74) is 2.44. The quantitative estimate of drug-likeness (QED) is 0.830. The van der Waals surface area contributed by atoms with Gasteiger partial charge in [0, 0.05) is 6.04 Å². The fraction of sp³-hybridized carbons (Fsp3) is 0.467. The van der Waals surface area contributed by atoms with Crippen molar-refractivity contribution in [2.24, 2.45) is 0 Å². The molecule has 0 saturated heterocycles. The van der Waals surface area contributed by atoms with Crippen LogP contribution in [0.5, 0.6) is 0 Å². The number of aryl methyl sites for hydroxylation is 2. The average molecular weight is 263 g/mol. The molecule has 0 aliphatic heterocycles. The second-order valence-electron chi connectivity index (χ2n) is 4.77. The second-order valence-corrected chi connectivity index (χ2v) is 4.77. The van der Waals surface area contributed by atoms with Crippen LogP contribution < -0.4 is 5.32 Å². The largest absolute Gasteiger partial charge is 0.452 e. The molecule has 0 heterocycles. The van der Waals surface area contributed by atoms with E-state index in [2.05, 4.69) is 5.32 Å². The van der Waals surface area contributed by atoms with Crippen molar-refractivity contribution in [2.75, 3.05) is 6.61 Å². The van der Waals surface area contributed by atoms with Gasteiger partial charge in [0.25, 0.3) is 5.91 Å². The Kier molecular flexibility index (Phi) is 5.55. The Balaban J connectivity index is 2.54. The van der Waals surface area contributed by atoms with Crippen molar-refractivity contribution in [3.8, 4) is 0 Å². The third-order valence-electron chi connectivity index (χ3n) is 2.96. The lowest BCUT2D eigenvalue weighted by Crippen LogP contribution is -2.35. The molecular formula is C15H21NO3. The van der Waals surface area contributed by atoms with E-state index in [4.69, 9.17) is 4.74 Å². The first-order valence-electron chi connectivity index (χ1n) is 6.47. The summed E-state index contributed by atoms with van der Waals surface area (Å²) >= 11 is 0. The molecule has 1 aromatic carbocycles. The number of hydrogen-bond acceptors (Lipinski definition) is 3. The molecule has 0 unspecified atom stereocenters. The van der Waals surface area contributed by atoms with Crippen molar-refractivity contribution in [2.45, 2.75) is 40.2 Å². The lowest BCUT2D eigenvalue weighted by atomic mass is 10.1. The zero-order chi connectivity index (χ0) is 14.4. The van der Waals surface area contributed by atoms with E-state index >= 15 is 0 Å². The van der Waals surface area contributed by atoms with Crippen molar-refractivity contribution in [1.82, 2.24) is 5.32 Å². The van der Waals surface area contributed by atoms with Crippen molar-refractivity contribution >= 4 is 11.9 Å². The van der Waals surface area contributed by atoms with E-state index in [1.807, 2.05) is 39.8 Å². The summed E-state index contributed by atoms with van der Waals surface area (Å²) in [5, 5.41) is 2.74. The van der Waals surface area contributed by atoms with Crippen LogP contribution >= 0.6 is 0 Å². The molecule has 19 heavy (non-hydrogen) atoms. The van der Waals surface area contributed by atoms with Crippen LogP contribution in [0.3, 0.4) is 0 Å². The Morgan fingerprint density at radius 2 is 2.00 bits per heavy atom. The van der Waals surface area contributed by atoms with Gasteiger partial charge in [-0.2, -0.15) is 0 Å². The Bertz CT molecular complexity index is 468. The first-order chi connectivity index (χ1) is 8.93. The predicted molar refractivity (Wildman–Crippen MR) is 74.1 cm³/mol. The van der Waals surface area contributed by atoms with Gasteiger partial charge in [-0.05, 0) is 38.8 Å². The molecule has 0 fully saturated rings. The van der Waals surface area contributed by atoms with E-state index in [0.717, 1.165) is 17.5 Å². The van der Waals surface area contributed by atoms with Gasteiger partial charge in [-0.15, -0.1) is 0 Å². The molecule has 1 amide bonds. The maximum Gasteiger partial charge on any atom is 0.338 e. The van der Waals surface area contributed by atoms with Crippen LogP contribution in [0.25, 0.3) is 0 Å². The third-order valence-corrected chi connectivity index (χ3v) is 2.96. The van der Waals surface area contributed by atoms with E-state index in [-0.39, 0.29) is 18.6 Å². The van der Waals surface area contributed by atoms with Crippen LogP contribution in [0.2, 0.25) is 0 Å². The smallest absolute Gasteiger partial charge is 0.338 e. The summed E-state index contributed by atoms with van der Waals surface area (Å²) in [7, 11) is 0. The Labute approximate surface area is 114 Å². The minimum Gasteiger partial charge on any atom is -0.452 e. The van der Waals surface area contributed by atoms with Gasteiger partial charge >= 0.3 is 5.97 Å². The summed E-state index contributed by atoms with van der Waals surface area (Å²) in [6.45, 7) is 7.46. The molecule has 0 aliphatic rings. The van der Waals surface area contributed by atoms with Crippen molar-refractivity contribution in [1.29, 1.82) is 0 Å². The Morgan fingerprint density at radius 1 is 1.32 bits per heavy atom. The fourth-order valence-corrected chi connectivity index (χ4v) is 1.67. The van der Waals surface area contributed by atoms with Gasteiger partial charge in [0.1, 0.15) is 0 Å². The van der Waals surface area contributed by atoms with Gasteiger partial charge in [-0.1, -0.05) is 24.6 Å². The van der Waals surface area contributed by atoms with E-state index in [1.165, 1.54) is 0 Å². The highest BCUT2D eigenvalue weighted by atomic mass is 16.5. The van der Waals surface area contributed by atoms with E-state index in [9.17, 15) is 9.59 Å². The number of rotatable bonds is 5. The van der Waals surface area contributed by atoms with Crippen molar-refractivity contribution < 1.29 is 14.3 Å². The van der Waals surface area contributed by atoms with Crippen LogP contribution in [0, 0.1) is 13.8 Å². The van der Waals surface area contributed by atoms with E-state index < -0.39 is 5.97 Å². The summed E-state index contributed by atoms with van der Waals surface area (Å²) in [6, 6.07) is 5.57. The van der Waals surface area contributed by atoms with Gasteiger partial charge in [0.05, 0.1) is 5.56 Å². The topological polar surface area (TPSA) is 55.4 Å². The molecule has 1 atom stereocenters. The van der Waals surface area contributed by atoms with Gasteiger partial charge in [-0.3, -0.25) is 4.79 Å². The number of carbonyl (C=O) groups excluding carboxylic acids is 2. The molecule has 4 heteroatoms.